The van der Waals surface area contributed by atoms with Crippen molar-refractivity contribution < 1.29 is 13.2 Å². The molecule has 0 amide bonds. The number of morpholine rings is 1. The Kier molecular flexibility index (Phi) is 5.40. The van der Waals surface area contributed by atoms with Gasteiger partial charge in [-0.3, -0.25) is 4.90 Å². The van der Waals surface area contributed by atoms with Crippen LogP contribution < -0.4 is 15.8 Å². The number of benzene rings is 1. The van der Waals surface area contributed by atoms with Crippen molar-refractivity contribution in [1.29, 1.82) is 0 Å². The van der Waals surface area contributed by atoms with Crippen LogP contribution in [0.25, 0.3) is 0 Å². The van der Waals surface area contributed by atoms with E-state index in [-0.39, 0.29) is 4.90 Å². The Hall–Kier alpha value is -1.35. The summed E-state index contributed by atoms with van der Waals surface area (Å²) in [6.07, 6.45) is 0. The third-order valence-corrected chi connectivity index (χ3v) is 4.86. The van der Waals surface area contributed by atoms with Gasteiger partial charge in [0.15, 0.2) is 0 Å². The lowest BCUT2D eigenvalue weighted by molar-refractivity contribution is 0.0398. The second-order valence-electron chi connectivity index (χ2n) is 4.84. The van der Waals surface area contributed by atoms with E-state index >= 15 is 0 Å². The van der Waals surface area contributed by atoms with E-state index < -0.39 is 10.0 Å². The van der Waals surface area contributed by atoms with E-state index in [0.29, 0.717) is 5.69 Å². The molecule has 1 saturated heterocycles. The normalized spacial score (nSPS) is 16.8. The van der Waals surface area contributed by atoms with Crippen LogP contribution in [0.1, 0.15) is 0 Å². The molecule has 0 spiro atoms. The Labute approximate surface area is 125 Å². The lowest BCUT2D eigenvalue weighted by atomic mass is 10.2. The van der Waals surface area contributed by atoms with Gasteiger partial charge in [-0.25, -0.2) is 13.1 Å². The molecule has 1 aromatic carbocycles. The summed E-state index contributed by atoms with van der Waals surface area (Å²) in [5.74, 6) is 0. The highest BCUT2D eigenvalue weighted by atomic mass is 32.2. The van der Waals surface area contributed by atoms with Crippen LogP contribution in [0.3, 0.4) is 0 Å². The zero-order valence-corrected chi connectivity index (χ0v) is 12.9. The molecule has 1 aromatic rings. The summed E-state index contributed by atoms with van der Waals surface area (Å²) >= 11 is 0. The molecule has 1 heterocycles. The van der Waals surface area contributed by atoms with Gasteiger partial charge in [-0.05, 0) is 25.2 Å². The van der Waals surface area contributed by atoms with Gasteiger partial charge in [0.1, 0.15) is 0 Å². The highest BCUT2D eigenvalue weighted by molar-refractivity contribution is 7.89. The lowest BCUT2D eigenvalue weighted by Gasteiger charge is -2.26. The number of nitrogens with two attached hydrogens (primary N) is 1. The minimum atomic E-state index is -3.45. The first kappa shape index (κ1) is 16.0. The van der Waals surface area contributed by atoms with Gasteiger partial charge in [0.05, 0.1) is 29.5 Å². The second kappa shape index (κ2) is 7.08. The van der Waals surface area contributed by atoms with E-state index in [4.69, 9.17) is 10.5 Å². The van der Waals surface area contributed by atoms with E-state index in [2.05, 4.69) is 14.9 Å². The molecule has 0 aliphatic carbocycles. The van der Waals surface area contributed by atoms with Gasteiger partial charge in [-0.1, -0.05) is 0 Å². The van der Waals surface area contributed by atoms with Crippen molar-refractivity contribution in [3.05, 3.63) is 18.2 Å². The number of sulfonamides is 1. The van der Waals surface area contributed by atoms with Crippen LogP contribution in [-0.2, 0) is 14.8 Å². The van der Waals surface area contributed by atoms with Gasteiger partial charge in [0.2, 0.25) is 10.0 Å². The third kappa shape index (κ3) is 4.31. The van der Waals surface area contributed by atoms with E-state index in [0.717, 1.165) is 45.1 Å². The SMILES string of the molecule is CNS(=O)(=O)c1ccc(NCCN2CCOCC2)c(N)c1. The fraction of sp³-hybridized carbons (Fsp3) is 0.538. The minimum Gasteiger partial charge on any atom is -0.397 e. The summed E-state index contributed by atoms with van der Waals surface area (Å²) in [5.41, 5.74) is 7.08. The Morgan fingerprint density at radius 1 is 1.33 bits per heavy atom. The molecule has 0 radical (unpaired) electrons. The minimum absolute atomic E-state index is 0.168. The molecule has 118 valence electrons. The molecular formula is C13H22N4O3S. The average Bonchev–Trinajstić information content (AvgIpc) is 2.50. The predicted molar refractivity (Wildman–Crippen MR) is 82.8 cm³/mol. The van der Waals surface area contributed by atoms with Crippen LogP contribution in [-0.4, -0.2) is 59.8 Å². The first-order chi connectivity index (χ1) is 10.0. The summed E-state index contributed by atoms with van der Waals surface area (Å²) in [6, 6.07) is 4.70. The van der Waals surface area contributed by atoms with Crippen LogP contribution in [0.4, 0.5) is 11.4 Å². The highest BCUT2D eigenvalue weighted by Gasteiger charge is 2.13. The maximum absolute atomic E-state index is 11.7. The maximum Gasteiger partial charge on any atom is 0.240 e. The van der Waals surface area contributed by atoms with Gasteiger partial charge in [-0.2, -0.15) is 0 Å². The van der Waals surface area contributed by atoms with Gasteiger partial charge in [-0.15, -0.1) is 0 Å². The number of nitrogens with one attached hydrogen (secondary N) is 2. The van der Waals surface area contributed by atoms with Crippen molar-refractivity contribution in [1.82, 2.24) is 9.62 Å². The Morgan fingerprint density at radius 2 is 2.05 bits per heavy atom. The molecule has 0 unspecified atom stereocenters. The molecular weight excluding hydrogens is 292 g/mol. The molecule has 21 heavy (non-hydrogen) atoms. The van der Waals surface area contributed by atoms with Crippen LogP contribution in [0.15, 0.2) is 23.1 Å². The third-order valence-electron chi connectivity index (χ3n) is 3.45. The number of nitrogen functional groups attached to an aromatic ring is 1. The Morgan fingerprint density at radius 3 is 2.67 bits per heavy atom. The molecule has 7 nitrogen and oxygen atoms in total. The number of hydrogen-bond donors (Lipinski definition) is 3. The Balaban J connectivity index is 1.92. The van der Waals surface area contributed by atoms with Crippen LogP contribution in [0.2, 0.25) is 0 Å². The first-order valence-electron chi connectivity index (χ1n) is 6.90. The van der Waals surface area contributed by atoms with Gasteiger partial charge < -0.3 is 15.8 Å². The summed E-state index contributed by atoms with van der Waals surface area (Å²) in [7, 11) is -2.08. The molecule has 0 atom stereocenters. The summed E-state index contributed by atoms with van der Waals surface area (Å²) in [5, 5.41) is 3.23. The summed E-state index contributed by atoms with van der Waals surface area (Å²) < 4.78 is 30.9. The molecule has 0 aromatic heterocycles. The smallest absolute Gasteiger partial charge is 0.240 e. The number of nitrogens with zero attached hydrogens (tertiary/aromatic N) is 1. The number of hydrogen-bond acceptors (Lipinski definition) is 6. The fourth-order valence-electron chi connectivity index (χ4n) is 2.16. The zero-order valence-electron chi connectivity index (χ0n) is 12.1. The summed E-state index contributed by atoms with van der Waals surface area (Å²) in [6.45, 7) is 5.09. The molecule has 1 aliphatic rings. The van der Waals surface area contributed by atoms with E-state index in [1.54, 1.807) is 12.1 Å². The average molecular weight is 314 g/mol. The standard InChI is InChI=1S/C13H22N4O3S/c1-15-21(18,19)11-2-3-13(12(14)10-11)16-4-5-17-6-8-20-9-7-17/h2-3,10,15-16H,4-9,14H2,1H3. The summed E-state index contributed by atoms with van der Waals surface area (Å²) in [4.78, 5) is 2.48. The van der Waals surface area contributed by atoms with Crippen molar-refractivity contribution in [2.45, 2.75) is 4.90 Å². The molecule has 0 bridgehead atoms. The van der Waals surface area contributed by atoms with Crippen molar-refractivity contribution in [3.8, 4) is 0 Å². The Bertz CT molecular complexity index is 571. The van der Waals surface area contributed by atoms with E-state index in [1.807, 2.05) is 0 Å². The molecule has 0 saturated carbocycles. The highest BCUT2D eigenvalue weighted by Crippen LogP contribution is 2.22. The maximum atomic E-state index is 11.7. The fourth-order valence-corrected chi connectivity index (χ4v) is 2.93. The van der Waals surface area contributed by atoms with Crippen molar-refractivity contribution in [3.63, 3.8) is 0 Å². The topological polar surface area (TPSA) is 96.7 Å². The quantitative estimate of drug-likeness (QED) is 0.636. The number of ether oxygens (including phenoxy) is 1. The van der Waals surface area contributed by atoms with Crippen molar-refractivity contribution >= 4 is 21.4 Å². The molecule has 4 N–H and O–H groups in total. The van der Waals surface area contributed by atoms with E-state index in [1.165, 1.54) is 13.1 Å². The zero-order chi connectivity index (χ0) is 15.3. The first-order valence-corrected chi connectivity index (χ1v) is 8.38. The van der Waals surface area contributed by atoms with Crippen molar-refractivity contribution in [2.24, 2.45) is 0 Å². The molecule has 1 fully saturated rings. The number of rotatable bonds is 6. The second-order valence-corrected chi connectivity index (χ2v) is 6.72. The van der Waals surface area contributed by atoms with Gasteiger partial charge in [0, 0.05) is 26.2 Å². The largest absolute Gasteiger partial charge is 0.397 e. The van der Waals surface area contributed by atoms with Crippen LogP contribution >= 0.6 is 0 Å². The molecule has 2 rings (SSSR count). The molecule has 8 heteroatoms. The van der Waals surface area contributed by atoms with E-state index in [9.17, 15) is 8.42 Å². The molecule has 1 aliphatic heterocycles. The van der Waals surface area contributed by atoms with Crippen LogP contribution in [0.5, 0.6) is 0 Å². The monoisotopic (exact) mass is 314 g/mol. The van der Waals surface area contributed by atoms with Crippen LogP contribution in [0, 0.1) is 0 Å². The van der Waals surface area contributed by atoms with Gasteiger partial charge in [0.25, 0.3) is 0 Å². The number of anilines is 2. The van der Waals surface area contributed by atoms with Gasteiger partial charge >= 0.3 is 0 Å². The predicted octanol–water partition coefficient (Wildman–Crippen LogP) is -0.0790. The van der Waals surface area contributed by atoms with Crippen molar-refractivity contribution in [2.75, 3.05) is 57.5 Å². The lowest BCUT2D eigenvalue weighted by Crippen LogP contribution is -2.39.